The summed E-state index contributed by atoms with van der Waals surface area (Å²) in [5, 5.41) is 4.16. The number of aryl methyl sites for hydroxylation is 1. The first kappa shape index (κ1) is 25.5. The van der Waals surface area contributed by atoms with Gasteiger partial charge in [0.2, 0.25) is 5.91 Å². The lowest BCUT2D eigenvalue weighted by atomic mass is 10.0. The van der Waals surface area contributed by atoms with E-state index in [1.54, 1.807) is 29.7 Å². The molecule has 1 amide bonds. The number of hydrogen-bond donors (Lipinski definition) is 1. The van der Waals surface area contributed by atoms with Gasteiger partial charge in [0.15, 0.2) is 5.16 Å². The van der Waals surface area contributed by atoms with E-state index in [-0.39, 0.29) is 11.5 Å². The summed E-state index contributed by atoms with van der Waals surface area (Å²) in [6.07, 6.45) is 0. The van der Waals surface area contributed by atoms with Gasteiger partial charge in [-0.1, -0.05) is 83.5 Å². The zero-order chi connectivity index (χ0) is 26.1. The maximum atomic E-state index is 14.1. The number of anilines is 1. The van der Waals surface area contributed by atoms with Crippen LogP contribution in [0.4, 0.5) is 5.69 Å². The Balaban J connectivity index is 1.59. The van der Waals surface area contributed by atoms with Crippen LogP contribution in [0.2, 0.25) is 10.0 Å². The highest BCUT2D eigenvalue weighted by molar-refractivity contribution is 8.00. The number of aromatic nitrogens is 2. The summed E-state index contributed by atoms with van der Waals surface area (Å²) in [4.78, 5) is 33.7. The maximum absolute atomic E-state index is 14.1. The fraction of sp³-hybridized carbons (Fsp3) is 0.107. The average molecular weight is 567 g/mol. The van der Waals surface area contributed by atoms with Crippen molar-refractivity contribution in [1.82, 2.24) is 9.55 Å². The standard InChI is InChI=1S/C28H21Cl2N3O2S2/c1-16-23(18-9-5-3-6-10-18)24-26(36-16)32-28(33(27(24)35)22-11-7-4-8-12-22)37-17(2)25(34)31-21-14-19(29)13-20(30)15-21/h3-15,17H,1-2H3,(H,31,34). The van der Waals surface area contributed by atoms with Crippen LogP contribution in [0.5, 0.6) is 0 Å². The molecule has 186 valence electrons. The highest BCUT2D eigenvalue weighted by Gasteiger charge is 2.24. The number of halogens is 2. The molecule has 0 saturated carbocycles. The molecule has 0 spiro atoms. The van der Waals surface area contributed by atoms with Crippen LogP contribution in [0.1, 0.15) is 11.8 Å². The first-order valence-corrected chi connectivity index (χ1v) is 13.9. The van der Waals surface area contributed by atoms with Crippen molar-refractivity contribution in [3.8, 4) is 16.8 Å². The molecule has 2 heterocycles. The third-order valence-electron chi connectivity index (χ3n) is 5.73. The first-order chi connectivity index (χ1) is 17.8. The SMILES string of the molecule is Cc1sc2nc(SC(C)C(=O)Nc3cc(Cl)cc(Cl)c3)n(-c3ccccc3)c(=O)c2c1-c1ccccc1. The Morgan fingerprint density at radius 1 is 1.00 bits per heavy atom. The number of amides is 1. The molecule has 1 unspecified atom stereocenters. The topological polar surface area (TPSA) is 64.0 Å². The Bertz CT molecular complexity index is 1650. The van der Waals surface area contributed by atoms with E-state index in [0.29, 0.717) is 36.8 Å². The summed E-state index contributed by atoms with van der Waals surface area (Å²) in [5.74, 6) is -0.260. The Morgan fingerprint density at radius 2 is 1.62 bits per heavy atom. The van der Waals surface area contributed by atoms with Gasteiger partial charge in [0.05, 0.1) is 16.3 Å². The van der Waals surface area contributed by atoms with Gasteiger partial charge < -0.3 is 5.32 Å². The molecule has 0 bridgehead atoms. The highest BCUT2D eigenvalue weighted by Crippen LogP contribution is 2.37. The van der Waals surface area contributed by atoms with Crippen LogP contribution in [-0.4, -0.2) is 20.7 Å². The van der Waals surface area contributed by atoms with Gasteiger partial charge in [-0.25, -0.2) is 4.98 Å². The van der Waals surface area contributed by atoms with Crippen LogP contribution in [0, 0.1) is 6.92 Å². The van der Waals surface area contributed by atoms with Gasteiger partial charge in [-0.15, -0.1) is 11.3 Å². The van der Waals surface area contributed by atoms with Crippen molar-refractivity contribution in [2.45, 2.75) is 24.3 Å². The van der Waals surface area contributed by atoms with Crippen molar-refractivity contribution in [3.05, 3.63) is 104 Å². The number of nitrogens with zero attached hydrogens (tertiary/aromatic N) is 2. The molecule has 5 aromatic rings. The van der Waals surface area contributed by atoms with Gasteiger partial charge in [-0.05, 0) is 49.7 Å². The van der Waals surface area contributed by atoms with Gasteiger partial charge in [0.25, 0.3) is 5.56 Å². The summed E-state index contributed by atoms with van der Waals surface area (Å²) in [7, 11) is 0. The predicted molar refractivity (Wildman–Crippen MR) is 156 cm³/mol. The van der Waals surface area contributed by atoms with E-state index in [1.165, 1.54) is 23.1 Å². The number of fused-ring (bicyclic) bond motifs is 1. The van der Waals surface area contributed by atoms with Crippen LogP contribution in [0.25, 0.3) is 27.0 Å². The normalized spacial score (nSPS) is 12.0. The van der Waals surface area contributed by atoms with Crippen LogP contribution >= 0.6 is 46.3 Å². The van der Waals surface area contributed by atoms with E-state index in [2.05, 4.69) is 5.32 Å². The molecule has 5 nitrogen and oxygen atoms in total. The molecule has 1 atom stereocenters. The lowest BCUT2D eigenvalue weighted by Crippen LogP contribution is -2.26. The quantitative estimate of drug-likeness (QED) is 0.168. The second-order valence-corrected chi connectivity index (χ2v) is 11.7. The van der Waals surface area contributed by atoms with E-state index in [0.717, 1.165) is 16.0 Å². The fourth-order valence-electron chi connectivity index (χ4n) is 4.06. The number of thiophene rings is 1. The van der Waals surface area contributed by atoms with Crippen LogP contribution < -0.4 is 10.9 Å². The molecular formula is C28H21Cl2N3O2S2. The maximum Gasteiger partial charge on any atom is 0.268 e. The molecule has 3 aromatic carbocycles. The summed E-state index contributed by atoms with van der Waals surface area (Å²) in [5.41, 5.74) is 2.87. The smallest absolute Gasteiger partial charge is 0.268 e. The molecule has 1 N–H and O–H groups in total. The number of rotatable bonds is 6. The Kier molecular flexibility index (Phi) is 7.40. The van der Waals surface area contributed by atoms with E-state index >= 15 is 0 Å². The van der Waals surface area contributed by atoms with Crippen LogP contribution in [0.3, 0.4) is 0 Å². The number of nitrogens with one attached hydrogen (secondary N) is 1. The van der Waals surface area contributed by atoms with Crippen molar-refractivity contribution in [2.24, 2.45) is 0 Å². The summed E-state index contributed by atoms with van der Waals surface area (Å²) in [6.45, 7) is 3.77. The molecule has 0 aliphatic carbocycles. The second-order valence-electron chi connectivity index (χ2n) is 8.36. The van der Waals surface area contributed by atoms with E-state index < -0.39 is 5.25 Å². The van der Waals surface area contributed by atoms with E-state index in [1.807, 2.05) is 67.6 Å². The molecule has 9 heteroatoms. The molecule has 0 aliphatic heterocycles. The third kappa shape index (κ3) is 5.31. The fourth-order valence-corrected chi connectivity index (χ4v) is 6.60. The molecule has 0 fully saturated rings. The molecule has 0 aliphatic rings. The largest absolute Gasteiger partial charge is 0.325 e. The van der Waals surface area contributed by atoms with Crippen molar-refractivity contribution in [1.29, 1.82) is 0 Å². The van der Waals surface area contributed by atoms with Crippen molar-refractivity contribution >= 4 is 68.1 Å². The average Bonchev–Trinajstić information content (AvgIpc) is 3.20. The summed E-state index contributed by atoms with van der Waals surface area (Å²) in [6, 6.07) is 24.1. The van der Waals surface area contributed by atoms with Gasteiger partial charge in [-0.3, -0.25) is 14.2 Å². The Hall–Kier alpha value is -3.10. The molecule has 5 rings (SSSR count). The first-order valence-electron chi connectivity index (χ1n) is 11.4. The third-order valence-corrected chi connectivity index (χ3v) is 8.22. The summed E-state index contributed by atoms with van der Waals surface area (Å²) >= 11 is 14.9. The van der Waals surface area contributed by atoms with Gasteiger partial charge >= 0.3 is 0 Å². The molecule has 2 aromatic heterocycles. The second kappa shape index (κ2) is 10.7. The van der Waals surface area contributed by atoms with Gasteiger partial charge in [-0.2, -0.15) is 0 Å². The predicted octanol–water partition coefficient (Wildman–Crippen LogP) is 7.85. The minimum atomic E-state index is -0.563. The van der Waals surface area contributed by atoms with Crippen molar-refractivity contribution < 1.29 is 4.79 Å². The number of carbonyl (C=O) groups is 1. The van der Waals surface area contributed by atoms with Crippen molar-refractivity contribution in [2.75, 3.05) is 5.32 Å². The number of benzene rings is 3. The van der Waals surface area contributed by atoms with Crippen LogP contribution in [-0.2, 0) is 4.79 Å². The number of thioether (sulfide) groups is 1. The van der Waals surface area contributed by atoms with Crippen molar-refractivity contribution in [3.63, 3.8) is 0 Å². The highest BCUT2D eigenvalue weighted by atomic mass is 35.5. The summed E-state index contributed by atoms with van der Waals surface area (Å²) < 4.78 is 1.59. The monoisotopic (exact) mass is 565 g/mol. The minimum Gasteiger partial charge on any atom is -0.325 e. The number of para-hydroxylation sites is 1. The van der Waals surface area contributed by atoms with E-state index in [4.69, 9.17) is 28.2 Å². The zero-order valence-electron chi connectivity index (χ0n) is 19.9. The van der Waals surface area contributed by atoms with Crippen LogP contribution in [0.15, 0.2) is 88.8 Å². The number of carbonyl (C=O) groups excluding carboxylic acids is 1. The Labute approximate surface area is 232 Å². The lowest BCUT2D eigenvalue weighted by molar-refractivity contribution is -0.115. The lowest BCUT2D eigenvalue weighted by Gasteiger charge is -2.16. The van der Waals surface area contributed by atoms with Gasteiger partial charge in [0.1, 0.15) is 4.83 Å². The van der Waals surface area contributed by atoms with E-state index in [9.17, 15) is 9.59 Å². The molecule has 0 saturated heterocycles. The molecule has 37 heavy (non-hydrogen) atoms. The minimum absolute atomic E-state index is 0.170. The van der Waals surface area contributed by atoms with Gasteiger partial charge in [0, 0.05) is 26.2 Å². The molecule has 0 radical (unpaired) electrons. The Morgan fingerprint density at radius 3 is 2.27 bits per heavy atom. The zero-order valence-corrected chi connectivity index (χ0v) is 23.0. The number of hydrogen-bond acceptors (Lipinski definition) is 5. The molecular weight excluding hydrogens is 545 g/mol.